The lowest BCUT2D eigenvalue weighted by atomic mass is 9.79. The fraction of sp³-hybridized carbons (Fsp3) is 0.462. The molecule has 0 spiro atoms. The number of carbonyl (C=O) groups is 4. The molecule has 16 rings (SSSR count). The van der Waals surface area contributed by atoms with Crippen LogP contribution >= 0.6 is 0 Å². The molecule has 12 aliphatic heterocycles. The first-order valence-electron chi connectivity index (χ1n) is 25.6. The van der Waals surface area contributed by atoms with Gasteiger partial charge in [0.15, 0.2) is 22.7 Å². The number of urea groups is 4. The average molecular weight is 977 g/mol. The van der Waals surface area contributed by atoms with Crippen LogP contribution in [0, 0.1) is 0 Å². The molecule has 8 amide bonds. The van der Waals surface area contributed by atoms with Crippen molar-refractivity contribution in [1.82, 2.24) is 68.6 Å². The first-order chi connectivity index (χ1) is 35.2. The number of benzene rings is 4. The van der Waals surface area contributed by atoms with Crippen molar-refractivity contribution in [3.05, 3.63) is 144 Å². The van der Waals surface area contributed by atoms with Gasteiger partial charge in [-0.1, -0.05) is 121 Å². The van der Waals surface area contributed by atoms with Crippen LogP contribution in [0.15, 0.2) is 121 Å². The minimum Gasteiger partial charge on any atom is -0.329 e. The molecule has 4 aromatic rings. The van der Waals surface area contributed by atoms with Crippen LogP contribution in [0.25, 0.3) is 0 Å². The van der Waals surface area contributed by atoms with Gasteiger partial charge in [-0.3, -0.25) is 68.6 Å². The van der Waals surface area contributed by atoms with Crippen molar-refractivity contribution in [3.63, 3.8) is 0 Å². The molecule has 20 nitrogen and oxygen atoms in total. The van der Waals surface area contributed by atoms with E-state index >= 15 is 19.2 Å². The fourth-order valence-electron chi connectivity index (χ4n) is 14.3. The lowest BCUT2D eigenvalue weighted by Gasteiger charge is -2.56. The highest BCUT2D eigenvalue weighted by Crippen LogP contribution is 2.66. The van der Waals surface area contributed by atoms with Gasteiger partial charge in [0.25, 0.3) is 0 Å². The SMILES string of the molecule is NCCN1CCN2CN3C(=O)N4CN(CCN(CCN)CCN5CN6C(=O)N7CN(CC1)CN1C(=O)N(C5)C6(c5ccccc5)C71c1ccccc1)CN1C(=O)N(C2)C3(c2ccccc2)C41c1ccccc1. The van der Waals surface area contributed by atoms with Gasteiger partial charge >= 0.3 is 24.1 Å². The number of hydrogen-bond donors (Lipinski definition) is 2. The monoisotopic (exact) mass is 977 g/mol. The summed E-state index contributed by atoms with van der Waals surface area (Å²) < 4.78 is 0. The van der Waals surface area contributed by atoms with Gasteiger partial charge in [-0.25, -0.2) is 19.2 Å². The molecule has 0 aromatic heterocycles. The molecule has 20 heteroatoms. The number of nitrogens with two attached hydrogens (primary N) is 2. The third-order valence-corrected chi connectivity index (χ3v) is 17.2. The van der Waals surface area contributed by atoms with Crippen LogP contribution in [0.1, 0.15) is 22.3 Å². The molecule has 12 saturated heterocycles. The molecule has 0 radical (unpaired) electrons. The van der Waals surface area contributed by atoms with Crippen LogP contribution in [0.4, 0.5) is 19.2 Å². The van der Waals surface area contributed by atoms with Crippen LogP contribution in [-0.4, -0.2) is 225 Å². The fourth-order valence-corrected chi connectivity index (χ4v) is 14.3. The summed E-state index contributed by atoms with van der Waals surface area (Å²) in [6.07, 6.45) is 0. The van der Waals surface area contributed by atoms with Crippen molar-refractivity contribution in [3.8, 4) is 0 Å². The zero-order valence-electron chi connectivity index (χ0n) is 40.7. The zero-order chi connectivity index (χ0) is 49.0. The summed E-state index contributed by atoms with van der Waals surface area (Å²) in [5.74, 6) is 0. The van der Waals surface area contributed by atoms with Gasteiger partial charge in [-0.2, -0.15) is 0 Å². The highest BCUT2D eigenvalue weighted by molar-refractivity contribution is 5.92. The Morgan fingerprint density at radius 1 is 0.306 bits per heavy atom. The molecule has 376 valence electrons. The molecule has 0 unspecified atom stereocenters. The van der Waals surface area contributed by atoms with E-state index in [1.165, 1.54) is 0 Å². The van der Waals surface area contributed by atoms with Crippen molar-refractivity contribution in [2.24, 2.45) is 11.5 Å². The quantitative estimate of drug-likeness (QED) is 0.264. The average Bonchev–Trinajstić information content (AvgIpc) is 3.99. The number of amides is 8. The molecule has 12 aliphatic rings. The van der Waals surface area contributed by atoms with E-state index in [1.54, 1.807) is 0 Å². The van der Waals surface area contributed by atoms with Crippen LogP contribution in [-0.2, 0) is 22.7 Å². The van der Waals surface area contributed by atoms with E-state index in [-0.39, 0.29) is 24.1 Å². The van der Waals surface area contributed by atoms with Crippen molar-refractivity contribution in [2.75, 3.05) is 132 Å². The Bertz CT molecular complexity index is 2300. The first kappa shape index (κ1) is 45.5. The van der Waals surface area contributed by atoms with Gasteiger partial charge in [0.05, 0.1) is 53.3 Å². The van der Waals surface area contributed by atoms with Crippen LogP contribution in [0.5, 0.6) is 0 Å². The normalized spacial score (nSPS) is 33.6. The Hall–Kier alpha value is -6.36. The highest BCUT2D eigenvalue weighted by atomic mass is 16.2. The van der Waals surface area contributed by atoms with Crippen molar-refractivity contribution in [1.29, 1.82) is 0 Å². The summed E-state index contributed by atoms with van der Waals surface area (Å²) in [6.45, 7) is 9.30. The summed E-state index contributed by atoms with van der Waals surface area (Å²) in [7, 11) is 0. The smallest absolute Gasteiger partial charge is 0.326 e. The summed E-state index contributed by atoms with van der Waals surface area (Å²) in [6, 6.07) is 40.0. The van der Waals surface area contributed by atoms with E-state index in [9.17, 15) is 0 Å². The zero-order valence-corrected chi connectivity index (χ0v) is 40.7. The molecule has 4 aromatic carbocycles. The lowest BCUT2D eigenvalue weighted by molar-refractivity contribution is -0.162. The van der Waals surface area contributed by atoms with E-state index in [2.05, 4.69) is 77.9 Å². The molecule has 0 aliphatic carbocycles. The Morgan fingerprint density at radius 3 is 0.681 bits per heavy atom. The van der Waals surface area contributed by atoms with Gasteiger partial charge in [-0.05, 0) is 0 Å². The molecule has 12 heterocycles. The maximum Gasteiger partial charge on any atom is 0.326 e. The summed E-state index contributed by atoms with van der Waals surface area (Å²) in [5.41, 5.74) is 11.6. The lowest BCUT2D eigenvalue weighted by Crippen LogP contribution is -2.71. The molecule has 72 heavy (non-hydrogen) atoms. The minimum atomic E-state index is -1.15. The Balaban J connectivity index is 0.897. The third-order valence-electron chi connectivity index (χ3n) is 17.2. The predicted octanol–water partition coefficient (Wildman–Crippen LogP) is 1.81. The molecule has 0 saturated carbocycles. The largest absolute Gasteiger partial charge is 0.329 e. The number of carbonyl (C=O) groups excluding carboxylic acids is 4. The second kappa shape index (κ2) is 17.1. The standard InChI is InChI=1S/C52H64N16O4/c53-21-23-55-25-29-57-33-61-45(69)63-35-58(36-64-46(70)62(34-57)49(61,41-13-5-1-6-14-41)50(63,64)42-15-7-2-8-16-42)30-26-56(24-22-54)28-32-60-39-67-47(71)65-37-59(31-27-55)38-66-48(72)68(40-60)52(67,44-19-11-4-12-20-44)51(65,66)43-17-9-3-10-18-43/h1-20H,21-40,53-54H2. The van der Waals surface area contributed by atoms with E-state index in [1.807, 2.05) is 112 Å². The third kappa shape index (κ3) is 5.90. The predicted molar refractivity (Wildman–Crippen MR) is 266 cm³/mol. The summed E-state index contributed by atoms with van der Waals surface area (Å²) >= 11 is 0. The van der Waals surface area contributed by atoms with Gasteiger partial charge in [0.1, 0.15) is 0 Å². The Morgan fingerprint density at radius 2 is 0.500 bits per heavy atom. The van der Waals surface area contributed by atoms with Gasteiger partial charge in [0.2, 0.25) is 0 Å². The molecule has 4 N–H and O–H groups in total. The number of rotatable bonds is 8. The molecular weight excluding hydrogens is 913 g/mol. The van der Waals surface area contributed by atoms with Crippen molar-refractivity contribution < 1.29 is 19.2 Å². The Labute approximate surface area is 420 Å². The van der Waals surface area contributed by atoms with E-state index in [4.69, 9.17) is 11.5 Å². The van der Waals surface area contributed by atoms with E-state index in [0.29, 0.717) is 132 Å². The highest BCUT2D eigenvalue weighted by Gasteiger charge is 2.84. The van der Waals surface area contributed by atoms with Crippen LogP contribution < -0.4 is 11.5 Å². The van der Waals surface area contributed by atoms with E-state index < -0.39 is 22.7 Å². The van der Waals surface area contributed by atoms with Crippen molar-refractivity contribution in [2.45, 2.75) is 22.7 Å². The summed E-state index contributed by atoms with van der Waals surface area (Å²) in [5, 5.41) is 0. The maximum atomic E-state index is 15.6. The molecule has 0 atom stereocenters. The number of hydrogen-bond acceptors (Lipinski definition) is 12. The van der Waals surface area contributed by atoms with Gasteiger partial charge in [-0.15, -0.1) is 0 Å². The second-order valence-electron chi connectivity index (χ2n) is 20.7. The molecule has 12 fully saturated rings. The van der Waals surface area contributed by atoms with E-state index in [0.717, 1.165) is 22.3 Å². The topological polar surface area (TPSA) is 166 Å². The van der Waals surface area contributed by atoms with Gasteiger partial charge in [0, 0.05) is 101 Å². The first-order valence-corrected chi connectivity index (χ1v) is 25.6. The maximum absolute atomic E-state index is 15.6. The molecular formula is C52H64N16O4. The van der Waals surface area contributed by atoms with Crippen LogP contribution in [0.2, 0.25) is 0 Å². The van der Waals surface area contributed by atoms with Crippen molar-refractivity contribution >= 4 is 24.1 Å². The molecule has 12 bridgehead atoms. The van der Waals surface area contributed by atoms with Gasteiger partial charge < -0.3 is 11.5 Å². The number of nitrogens with zero attached hydrogens (tertiary/aromatic N) is 14. The van der Waals surface area contributed by atoms with Crippen LogP contribution in [0.3, 0.4) is 0 Å². The summed E-state index contributed by atoms with van der Waals surface area (Å²) in [4.78, 5) is 91.4. The Kier molecular flexibility index (Phi) is 10.8. The second-order valence-corrected chi connectivity index (χ2v) is 20.7. The minimum absolute atomic E-state index is 0.118.